The zero-order valence-electron chi connectivity index (χ0n) is 9.81. The normalized spacial score (nSPS) is 23.8. The van der Waals surface area contributed by atoms with Gasteiger partial charge in [-0.2, -0.15) is 0 Å². The quantitative estimate of drug-likeness (QED) is 0.773. The summed E-state index contributed by atoms with van der Waals surface area (Å²) >= 11 is 1.43. The first-order chi connectivity index (χ1) is 7.61. The van der Waals surface area contributed by atoms with Crippen LogP contribution in [-0.4, -0.2) is 10.4 Å². The van der Waals surface area contributed by atoms with Gasteiger partial charge in [0.15, 0.2) is 0 Å². The summed E-state index contributed by atoms with van der Waals surface area (Å²) < 4.78 is 6.89. The molecule has 2 aliphatic rings. The fourth-order valence-electron chi connectivity index (χ4n) is 2.62. The summed E-state index contributed by atoms with van der Waals surface area (Å²) in [4.78, 5) is 0. The van der Waals surface area contributed by atoms with Gasteiger partial charge in [-0.05, 0) is 0 Å². The number of rotatable bonds is 4. The molecular weight excluding hydrogens is 275 g/mol. The van der Waals surface area contributed by atoms with Crippen LogP contribution in [0.5, 0.6) is 0 Å². The first-order valence-corrected chi connectivity index (χ1v) is 7.35. The molecule has 2 rings (SSSR count). The maximum atomic E-state index is 6.05. The minimum atomic E-state index is 0.0181. The maximum absolute atomic E-state index is 6.05. The molecule has 0 spiro atoms. The molecule has 0 amide bonds. The summed E-state index contributed by atoms with van der Waals surface area (Å²) in [5.41, 5.74) is 0.0363. The van der Waals surface area contributed by atoms with Crippen LogP contribution in [0.2, 0.25) is 0 Å². The topological polar surface area (TPSA) is 9.23 Å². The van der Waals surface area contributed by atoms with E-state index in [1.54, 1.807) is 0 Å². The van der Waals surface area contributed by atoms with Gasteiger partial charge in [-0.25, -0.2) is 0 Å². The van der Waals surface area contributed by atoms with Crippen molar-refractivity contribution in [2.75, 3.05) is 4.31 Å². The van der Waals surface area contributed by atoms with E-state index in [0.29, 0.717) is 0 Å². The Morgan fingerprint density at radius 3 is 1.62 bits per heavy atom. The van der Waals surface area contributed by atoms with E-state index in [9.17, 15) is 0 Å². The minimum absolute atomic E-state index is 0.0181. The van der Waals surface area contributed by atoms with Gasteiger partial charge in [-0.1, -0.05) is 0 Å². The van der Waals surface area contributed by atoms with Crippen LogP contribution in [0.4, 0.5) is 0 Å². The van der Waals surface area contributed by atoms with Crippen LogP contribution in [0.3, 0.4) is 0 Å². The molecule has 0 aromatic heterocycles. The zero-order chi connectivity index (χ0) is 11.6. The predicted octanol–water partition coefficient (Wildman–Crippen LogP) is 3.14. The molecule has 1 nitrogen and oxygen atoms in total. The van der Waals surface area contributed by atoms with Crippen molar-refractivity contribution in [3.05, 3.63) is 48.6 Å². The Bertz CT molecular complexity index is 318. The van der Waals surface area contributed by atoms with E-state index < -0.39 is 0 Å². The van der Waals surface area contributed by atoms with Gasteiger partial charge in [0.25, 0.3) is 0 Å². The Balaban J connectivity index is 2.30. The number of allylic oxidation sites excluding steroid dienone is 4. The second-order valence-corrected chi connectivity index (χ2v) is 5.57. The van der Waals surface area contributed by atoms with E-state index in [2.05, 4.69) is 62.5 Å². The van der Waals surface area contributed by atoms with Crippen molar-refractivity contribution < 1.29 is 29.5 Å². The van der Waals surface area contributed by atoms with E-state index >= 15 is 0 Å². The van der Waals surface area contributed by atoms with Crippen LogP contribution in [0.1, 0.15) is 13.8 Å². The van der Waals surface area contributed by atoms with Crippen molar-refractivity contribution in [3.8, 4) is 0 Å². The Morgan fingerprint density at radius 2 is 1.31 bits per heavy atom. The van der Waals surface area contributed by atoms with Gasteiger partial charge in [-0.15, -0.1) is 0 Å². The summed E-state index contributed by atoms with van der Waals surface area (Å²) in [6.07, 6.45) is 17.6. The van der Waals surface area contributed by atoms with Gasteiger partial charge in [0.2, 0.25) is 0 Å². The summed E-state index contributed by atoms with van der Waals surface area (Å²) in [6.45, 7) is 4.49. The average molecular weight is 293 g/mol. The monoisotopic (exact) mass is 291 g/mol. The molecular formula is C14H17OZr+3. The molecule has 0 bridgehead atoms. The van der Waals surface area contributed by atoms with Crippen molar-refractivity contribution in [1.29, 1.82) is 0 Å². The molecule has 0 aliphatic heterocycles. The van der Waals surface area contributed by atoms with Crippen molar-refractivity contribution in [2.45, 2.75) is 20.0 Å². The molecule has 0 aromatic carbocycles. The van der Waals surface area contributed by atoms with Crippen LogP contribution in [0, 0.1) is 10.8 Å². The molecule has 0 fully saturated rings. The van der Waals surface area contributed by atoms with Gasteiger partial charge in [0, 0.05) is 0 Å². The predicted molar refractivity (Wildman–Crippen MR) is 62.5 cm³/mol. The number of hydrogen-bond acceptors (Lipinski definition) is 1. The second-order valence-electron chi connectivity index (χ2n) is 4.86. The first kappa shape index (κ1) is 12.3. The van der Waals surface area contributed by atoms with Gasteiger partial charge < -0.3 is 0 Å². The first-order valence-electron chi connectivity index (χ1n) is 5.61. The Kier molecular flexibility index (Phi) is 3.51. The molecule has 2 aliphatic carbocycles. The molecule has 0 N–H and O–H groups in total. The zero-order valence-corrected chi connectivity index (χ0v) is 12.3. The van der Waals surface area contributed by atoms with Crippen molar-refractivity contribution >= 4 is 0 Å². The Labute approximate surface area is 113 Å². The Morgan fingerprint density at radius 1 is 0.938 bits per heavy atom. The summed E-state index contributed by atoms with van der Waals surface area (Å²) in [7, 11) is 0. The summed E-state index contributed by atoms with van der Waals surface area (Å²) in [5.74, 6) is 0. The third kappa shape index (κ3) is 2.10. The van der Waals surface area contributed by atoms with E-state index in [1.807, 2.05) is 0 Å². The molecule has 0 radical (unpaired) electrons. The van der Waals surface area contributed by atoms with Crippen LogP contribution >= 0.6 is 0 Å². The third-order valence-corrected chi connectivity index (χ3v) is 3.83. The van der Waals surface area contributed by atoms with Crippen molar-refractivity contribution in [1.82, 2.24) is 0 Å². The fraction of sp³-hybridized carbons (Fsp3) is 0.429. The molecule has 2 heteroatoms. The Hall–Kier alpha value is -0.197. The van der Waals surface area contributed by atoms with Gasteiger partial charge in [0.1, 0.15) is 0 Å². The summed E-state index contributed by atoms with van der Waals surface area (Å²) in [6, 6.07) is 0. The third-order valence-electron chi connectivity index (χ3n) is 3.42. The van der Waals surface area contributed by atoms with Crippen LogP contribution < -0.4 is 0 Å². The molecule has 0 saturated carbocycles. The molecule has 0 saturated heterocycles. The van der Waals surface area contributed by atoms with Crippen molar-refractivity contribution in [2.24, 2.45) is 10.8 Å². The SMILES string of the molecule is CC1(C(O[CH2][Zr+3])C2(C)C=CC=C2)C=CC=C1. The van der Waals surface area contributed by atoms with E-state index in [4.69, 9.17) is 4.74 Å². The molecule has 0 atom stereocenters. The van der Waals surface area contributed by atoms with Gasteiger partial charge in [0.05, 0.1) is 0 Å². The van der Waals surface area contributed by atoms with Crippen LogP contribution in [0.15, 0.2) is 48.6 Å². The number of ether oxygens (including phenoxy) is 1. The molecule has 0 aromatic rings. The standard InChI is InChI=1S/C14H17O.Zr/c1-13(8-4-5-9-13)12(15-3)14(2)10-6-7-11-14;/h4-12H,3H2,1-2H3;/q;+3. The van der Waals surface area contributed by atoms with Crippen LogP contribution in [-0.2, 0) is 29.5 Å². The molecule has 16 heavy (non-hydrogen) atoms. The average Bonchev–Trinajstić information content (AvgIpc) is 2.85. The second kappa shape index (κ2) is 4.58. The van der Waals surface area contributed by atoms with E-state index in [1.165, 1.54) is 24.7 Å². The number of hydrogen-bond donors (Lipinski definition) is 0. The van der Waals surface area contributed by atoms with Gasteiger partial charge >= 0.3 is 113 Å². The van der Waals surface area contributed by atoms with E-state index in [-0.39, 0.29) is 16.9 Å². The van der Waals surface area contributed by atoms with E-state index in [0.717, 1.165) is 4.31 Å². The van der Waals surface area contributed by atoms with Crippen LogP contribution in [0.25, 0.3) is 0 Å². The van der Waals surface area contributed by atoms with Crippen molar-refractivity contribution in [3.63, 3.8) is 0 Å². The van der Waals surface area contributed by atoms with Gasteiger partial charge in [-0.3, -0.25) is 0 Å². The molecule has 0 heterocycles. The summed E-state index contributed by atoms with van der Waals surface area (Å²) in [5, 5.41) is 0. The molecule has 0 unspecified atom stereocenters. The fourth-order valence-corrected chi connectivity index (χ4v) is 3.03. The molecule has 80 valence electrons.